The average Bonchev–Trinajstić information content (AvgIpc) is 2.84. The number of nitrogens with two attached hydrogens (primary N) is 1. The molecule has 1 aromatic carbocycles. The first-order valence-electron chi connectivity index (χ1n) is 7.97. The summed E-state index contributed by atoms with van der Waals surface area (Å²) in [5, 5.41) is 10.4. The number of halogens is 2. The molecule has 24 heavy (non-hydrogen) atoms. The van der Waals surface area contributed by atoms with Crippen molar-refractivity contribution in [1.29, 1.82) is 0 Å². The van der Waals surface area contributed by atoms with Crippen LogP contribution in [0.3, 0.4) is 0 Å². The van der Waals surface area contributed by atoms with Gasteiger partial charge in [-0.2, -0.15) is 0 Å². The molecule has 2 aliphatic rings. The maximum atomic E-state index is 6.21. The third kappa shape index (κ3) is 3.08. The number of benzene rings is 1. The summed E-state index contributed by atoms with van der Waals surface area (Å²) < 4.78 is 0. The molecule has 2 saturated heterocycles. The number of fused-ring (bicyclic) bond motifs is 2. The van der Waals surface area contributed by atoms with E-state index in [1.54, 1.807) is 12.3 Å². The second-order valence-corrected chi connectivity index (χ2v) is 8.12. The quantitative estimate of drug-likeness (QED) is 0.871. The summed E-state index contributed by atoms with van der Waals surface area (Å²) in [7, 11) is 0. The highest BCUT2D eigenvalue weighted by Crippen LogP contribution is 2.38. The van der Waals surface area contributed by atoms with Gasteiger partial charge in [-0.15, -0.1) is 10.2 Å². The van der Waals surface area contributed by atoms with Crippen LogP contribution in [0.25, 0.3) is 0 Å². The number of aromatic nitrogens is 3. The minimum Gasteiger partial charge on any atom is -0.333 e. The van der Waals surface area contributed by atoms with E-state index in [1.165, 1.54) is 11.8 Å². The molecule has 0 spiro atoms. The maximum Gasteiger partial charge on any atom is 0.245 e. The summed E-state index contributed by atoms with van der Waals surface area (Å²) >= 11 is 13.7. The molecule has 2 bridgehead atoms. The molecule has 4 rings (SSSR count). The van der Waals surface area contributed by atoms with Gasteiger partial charge in [-0.1, -0.05) is 41.0 Å². The average molecular weight is 382 g/mol. The molecule has 3 heterocycles. The van der Waals surface area contributed by atoms with E-state index in [-0.39, 0.29) is 0 Å². The predicted octanol–water partition coefficient (Wildman–Crippen LogP) is 3.79. The number of hydrogen-bond donors (Lipinski definition) is 1. The van der Waals surface area contributed by atoms with E-state index >= 15 is 0 Å². The van der Waals surface area contributed by atoms with E-state index in [0.717, 1.165) is 30.6 Å². The lowest BCUT2D eigenvalue weighted by Crippen LogP contribution is -2.48. The van der Waals surface area contributed by atoms with E-state index in [9.17, 15) is 0 Å². The Hall–Kier alpha value is -1.08. The number of anilines is 1. The number of hydrogen-bond acceptors (Lipinski definition) is 6. The Morgan fingerprint density at radius 1 is 1.12 bits per heavy atom. The van der Waals surface area contributed by atoms with Gasteiger partial charge in [0.1, 0.15) is 5.03 Å². The highest BCUT2D eigenvalue weighted by molar-refractivity contribution is 7.99. The first-order valence-corrected chi connectivity index (χ1v) is 9.54. The molecule has 2 fully saturated rings. The molecule has 3 atom stereocenters. The van der Waals surface area contributed by atoms with E-state index < -0.39 is 0 Å². The van der Waals surface area contributed by atoms with Crippen molar-refractivity contribution < 1.29 is 0 Å². The summed E-state index contributed by atoms with van der Waals surface area (Å²) in [5.41, 5.74) is 6.12. The first-order chi connectivity index (χ1) is 11.6. The van der Waals surface area contributed by atoms with Gasteiger partial charge in [-0.3, -0.25) is 0 Å². The number of piperidine rings is 1. The van der Waals surface area contributed by atoms with Gasteiger partial charge in [-0.05, 0) is 37.8 Å². The largest absolute Gasteiger partial charge is 0.333 e. The van der Waals surface area contributed by atoms with Crippen molar-refractivity contribution in [2.75, 3.05) is 4.90 Å². The van der Waals surface area contributed by atoms with Crippen LogP contribution < -0.4 is 10.6 Å². The first kappa shape index (κ1) is 16.4. The van der Waals surface area contributed by atoms with Gasteiger partial charge in [0, 0.05) is 23.0 Å². The van der Waals surface area contributed by atoms with Gasteiger partial charge < -0.3 is 10.6 Å². The summed E-state index contributed by atoms with van der Waals surface area (Å²) in [6.07, 6.45) is 6.09. The van der Waals surface area contributed by atoms with Gasteiger partial charge in [0.25, 0.3) is 0 Å². The standard InChI is InChI=1S/C16H17Cl2N5S/c17-12-2-1-3-13(15(12)18)24-14-8-20-16(22-21-14)23-10-4-5-11(23)7-9(19)6-10/h1-3,8-11H,4-7,19H2/t9-,10+,11-. The minimum atomic E-state index is 0.298. The van der Waals surface area contributed by atoms with Crippen LogP contribution in [0.2, 0.25) is 10.0 Å². The minimum absolute atomic E-state index is 0.298. The molecule has 0 radical (unpaired) electrons. The van der Waals surface area contributed by atoms with Crippen molar-refractivity contribution in [2.45, 2.75) is 53.7 Å². The van der Waals surface area contributed by atoms with E-state index in [1.807, 2.05) is 12.1 Å². The van der Waals surface area contributed by atoms with Crippen molar-refractivity contribution >= 4 is 40.9 Å². The third-order valence-corrected chi connectivity index (χ3v) is 6.55. The Kier molecular flexibility index (Phi) is 4.56. The smallest absolute Gasteiger partial charge is 0.245 e. The summed E-state index contributed by atoms with van der Waals surface area (Å²) in [5.74, 6) is 0.705. The van der Waals surface area contributed by atoms with E-state index in [2.05, 4.69) is 20.1 Å². The molecule has 1 aromatic heterocycles. The highest BCUT2D eigenvalue weighted by atomic mass is 35.5. The fourth-order valence-corrected chi connectivity index (χ4v) is 4.88. The fraction of sp³-hybridized carbons (Fsp3) is 0.438. The number of rotatable bonds is 3. The van der Waals surface area contributed by atoms with Crippen LogP contribution in [-0.4, -0.2) is 33.3 Å². The second kappa shape index (κ2) is 6.67. The summed E-state index contributed by atoms with van der Waals surface area (Å²) in [6, 6.07) is 6.72. The molecule has 0 amide bonds. The van der Waals surface area contributed by atoms with Crippen LogP contribution in [-0.2, 0) is 0 Å². The van der Waals surface area contributed by atoms with Crippen LogP contribution in [0.5, 0.6) is 0 Å². The molecule has 0 saturated carbocycles. The van der Waals surface area contributed by atoms with Gasteiger partial charge >= 0.3 is 0 Å². The molecule has 2 N–H and O–H groups in total. The molecular weight excluding hydrogens is 365 g/mol. The molecular formula is C16H17Cl2N5S. The zero-order valence-corrected chi connectivity index (χ0v) is 15.2. The second-order valence-electron chi connectivity index (χ2n) is 6.27. The third-order valence-electron chi connectivity index (χ3n) is 4.66. The molecule has 8 heteroatoms. The summed E-state index contributed by atoms with van der Waals surface area (Å²) in [4.78, 5) is 7.68. The zero-order chi connectivity index (χ0) is 16.7. The van der Waals surface area contributed by atoms with E-state index in [0.29, 0.717) is 39.1 Å². The predicted molar refractivity (Wildman–Crippen MR) is 96.9 cm³/mol. The Balaban J connectivity index is 1.52. The molecule has 0 unspecified atom stereocenters. The maximum absolute atomic E-state index is 6.21. The van der Waals surface area contributed by atoms with Crippen molar-refractivity contribution in [3.63, 3.8) is 0 Å². The topological polar surface area (TPSA) is 67.9 Å². The van der Waals surface area contributed by atoms with Crippen molar-refractivity contribution in [3.8, 4) is 0 Å². The Morgan fingerprint density at radius 3 is 2.54 bits per heavy atom. The van der Waals surface area contributed by atoms with Crippen molar-refractivity contribution in [2.24, 2.45) is 5.73 Å². The lowest BCUT2D eigenvalue weighted by Gasteiger charge is -2.37. The zero-order valence-electron chi connectivity index (χ0n) is 12.9. The molecule has 5 nitrogen and oxygen atoms in total. The van der Waals surface area contributed by atoms with Gasteiger partial charge in [0.15, 0.2) is 0 Å². The lowest BCUT2D eigenvalue weighted by atomic mass is 9.99. The number of nitrogens with zero attached hydrogens (tertiary/aromatic N) is 4. The van der Waals surface area contributed by atoms with Gasteiger partial charge in [0.2, 0.25) is 5.95 Å². The monoisotopic (exact) mass is 381 g/mol. The van der Waals surface area contributed by atoms with Gasteiger partial charge in [-0.25, -0.2) is 4.98 Å². The molecule has 126 valence electrons. The Bertz CT molecular complexity index is 728. The van der Waals surface area contributed by atoms with Crippen LogP contribution in [0.4, 0.5) is 5.95 Å². The Labute approximate surface area is 154 Å². The van der Waals surface area contributed by atoms with Crippen molar-refractivity contribution in [1.82, 2.24) is 15.2 Å². The lowest BCUT2D eigenvalue weighted by molar-refractivity contribution is 0.407. The van der Waals surface area contributed by atoms with Crippen LogP contribution in [0.1, 0.15) is 25.7 Å². The molecule has 2 aromatic rings. The van der Waals surface area contributed by atoms with Crippen LogP contribution in [0.15, 0.2) is 34.3 Å². The van der Waals surface area contributed by atoms with E-state index in [4.69, 9.17) is 28.9 Å². The Morgan fingerprint density at radius 2 is 1.88 bits per heavy atom. The van der Waals surface area contributed by atoms with Crippen molar-refractivity contribution in [3.05, 3.63) is 34.4 Å². The summed E-state index contributed by atoms with van der Waals surface area (Å²) in [6.45, 7) is 0. The van der Waals surface area contributed by atoms with Gasteiger partial charge in [0.05, 0.1) is 16.2 Å². The fourth-order valence-electron chi connectivity index (χ4n) is 3.64. The normalized spacial score (nSPS) is 26.0. The molecule has 0 aliphatic carbocycles. The highest BCUT2D eigenvalue weighted by Gasteiger charge is 2.41. The SMILES string of the molecule is N[C@H]1C[C@H]2CC[C@@H](C1)N2c1ncc(Sc2cccc(Cl)c2Cl)nn1. The van der Waals surface area contributed by atoms with Crippen LogP contribution >= 0.6 is 35.0 Å². The van der Waals surface area contributed by atoms with Crippen LogP contribution in [0, 0.1) is 0 Å². The molecule has 2 aliphatic heterocycles.